The summed E-state index contributed by atoms with van der Waals surface area (Å²) in [6.45, 7) is 3.33. The number of hydrogen-bond acceptors (Lipinski definition) is 7. The lowest BCUT2D eigenvalue weighted by molar-refractivity contribution is -0.137. The van der Waals surface area contributed by atoms with Gasteiger partial charge in [-0.05, 0) is 57.1 Å². The molecule has 1 aromatic rings. The van der Waals surface area contributed by atoms with Gasteiger partial charge in [0.05, 0.1) is 17.3 Å². The second-order valence-corrected chi connectivity index (χ2v) is 8.86. The van der Waals surface area contributed by atoms with Gasteiger partial charge >= 0.3 is 5.97 Å². The normalized spacial score (nSPS) is 21.6. The lowest BCUT2D eigenvalue weighted by Crippen LogP contribution is -2.37. The minimum Gasteiger partial charge on any atom is -0.507 e. The number of halogens is 1. The quantitative estimate of drug-likeness (QED) is 0.366. The first-order valence-corrected chi connectivity index (χ1v) is 11.9. The third kappa shape index (κ3) is 7.00. The summed E-state index contributed by atoms with van der Waals surface area (Å²) in [5, 5.41) is 24.6. The Hall–Kier alpha value is -3.00. The minimum atomic E-state index is -0.749. The van der Waals surface area contributed by atoms with E-state index in [9.17, 15) is 19.8 Å². The number of rotatable bonds is 3. The predicted octanol–water partition coefficient (Wildman–Crippen LogP) is 4.52. The molecule has 0 saturated carbocycles. The van der Waals surface area contributed by atoms with E-state index in [-0.39, 0.29) is 47.4 Å². The van der Waals surface area contributed by atoms with Crippen molar-refractivity contribution in [1.82, 2.24) is 4.90 Å². The van der Waals surface area contributed by atoms with Gasteiger partial charge in [0, 0.05) is 25.6 Å². The number of benzene rings is 1. The molecular weight excluding hydrogens is 460 g/mol. The maximum Gasteiger partial charge on any atom is 0.342 e. The second-order valence-electron chi connectivity index (χ2n) is 8.48. The van der Waals surface area contributed by atoms with Crippen molar-refractivity contribution in [2.75, 3.05) is 26.3 Å². The number of cyclic esters (lactones) is 1. The van der Waals surface area contributed by atoms with Crippen LogP contribution in [0.25, 0.3) is 0 Å². The molecule has 8 nitrogen and oxygen atoms in total. The molecule has 2 heterocycles. The van der Waals surface area contributed by atoms with Gasteiger partial charge in [0.2, 0.25) is 0 Å². The minimum absolute atomic E-state index is 0.0175. The van der Waals surface area contributed by atoms with Crippen LogP contribution in [0.2, 0.25) is 5.02 Å². The number of nitrogens with zero attached hydrogens (tertiary/aromatic N) is 2. The van der Waals surface area contributed by atoms with Crippen LogP contribution in [-0.2, 0) is 20.8 Å². The van der Waals surface area contributed by atoms with Crippen LogP contribution < -0.4 is 0 Å². The molecule has 2 aliphatic heterocycles. The zero-order valence-electron chi connectivity index (χ0n) is 19.4. The number of esters is 1. The molecule has 184 valence electrons. The van der Waals surface area contributed by atoms with Gasteiger partial charge in [-0.2, -0.15) is 0 Å². The number of piperidine rings is 1. The molecule has 9 heteroatoms. The molecule has 0 spiro atoms. The van der Waals surface area contributed by atoms with Crippen LogP contribution in [-0.4, -0.2) is 59.0 Å². The number of carbonyl (C=O) groups excluding carboxylic acids is 2. The Morgan fingerprint density at radius 2 is 1.91 bits per heavy atom. The van der Waals surface area contributed by atoms with Crippen molar-refractivity contribution in [2.45, 2.75) is 51.9 Å². The Balaban J connectivity index is 1.91. The number of ether oxygens (including phenoxy) is 1. The van der Waals surface area contributed by atoms with Gasteiger partial charge in [-0.15, -0.1) is 0 Å². The first-order chi connectivity index (χ1) is 16.4. The van der Waals surface area contributed by atoms with E-state index >= 15 is 0 Å². The Kier molecular flexibility index (Phi) is 9.39. The molecular formula is C25H31ClN2O6. The van der Waals surface area contributed by atoms with E-state index < -0.39 is 11.7 Å². The molecule has 0 aromatic heterocycles. The summed E-state index contributed by atoms with van der Waals surface area (Å²) in [5.74, 6) is -1.68. The van der Waals surface area contributed by atoms with Gasteiger partial charge in [0.15, 0.2) is 6.61 Å². The number of allylic oxidation sites excluding steroid dienone is 3. The summed E-state index contributed by atoms with van der Waals surface area (Å²) in [6.07, 6.45) is 10.9. The second kappa shape index (κ2) is 12.5. The first-order valence-electron chi connectivity index (χ1n) is 11.6. The molecule has 1 amide bonds. The maximum atomic E-state index is 12.7. The number of aromatic hydroxyl groups is 2. The van der Waals surface area contributed by atoms with E-state index in [1.165, 1.54) is 0 Å². The number of fused-ring (bicyclic) bond motifs is 1. The van der Waals surface area contributed by atoms with Crippen LogP contribution in [0.4, 0.5) is 0 Å². The van der Waals surface area contributed by atoms with Gasteiger partial charge in [-0.3, -0.25) is 4.79 Å². The lowest BCUT2D eigenvalue weighted by Gasteiger charge is -2.26. The standard InChI is InChI=1S/C25H31ClN2O6/c1-17-9-5-2-3-8-12-33-25(32)23-19(24(26)21(30)15-20(23)29)14-18(13-17)27-34-16-22(31)28-10-6-4-7-11-28/h2-3,13,15,29-30H,4-12,14,16H2,1H3/b3-2+,17-13+,27-18+. The highest BCUT2D eigenvalue weighted by Crippen LogP contribution is 2.37. The predicted molar refractivity (Wildman–Crippen MR) is 129 cm³/mol. The van der Waals surface area contributed by atoms with Crippen LogP contribution >= 0.6 is 11.6 Å². The average Bonchev–Trinajstić information content (AvgIpc) is 2.81. The fourth-order valence-corrected chi connectivity index (χ4v) is 4.18. The molecule has 34 heavy (non-hydrogen) atoms. The van der Waals surface area contributed by atoms with Crippen molar-refractivity contribution >= 4 is 29.2 Å². The largest absolute Gasteiger partial charge is 0.507 e. The molecule has 0 atom stereocenters. The van der Waals surface area contributed by atoms with E-state index in [2.05, 4.69) is 5.16 Å². The number of likely N-dealkylation sites (tertiary alicyclic amines) is 1. The average molecular weight is 491 g/mol. The monoisotopic (exact) mass is 490 g/mol. The molecule has 1 saturated heterocycles. The molecule has 2 N–H and O–H groups in total. The van der Waals surface area contributed by atoms with Gasteiger partial charge in [-0.1, -0.05) is 34.5 Å². The molecule has 0 radical (unpaired) electrons. The third-order valence-electron chi connectivity index (χ3n) is 5.76. The van der Waals surface area contributed by atoms with Crippen molar-refractivity contribution in [3.8, 4) is 11.5 Å². The zero-order valence-corrected chi connectivity index (χ0v) is 20.1. The van der Waals surface area contributed by atoms with Crippen molar-refractivity contribution in [3.05, 3.63) is 46.0 Å². The number of hydrogen-bond donors (Lipinski definition) is 2. The van der Waals surface area contributed by atoms with Crippen molar-refractivity contribution < 1.29 is 29.4 Å². The Labute approximate surface area is 204 Å². The summed E-state index contributed by atoms with van der Waals surface area (Å²) in [5.41, 5.74) is 1.44. The molecule has 0 unspecified atom stereocenters. The first kappa shape index (κ1) is 25.6. The summed E-state index contributed by atoms with van der Waals surface area (Å²) in [7, 11) is 0. The zero-order chi connectivity index (χ0) is 24.5. The third-order valence-corrected chi connectivity index (χ3v) is 6.19. The molecule has 1 aromatic carbocycles. The van der Waals surface area contributed by atoms with Gasteiger partial charge in [-0.25, -0.2) is 4.79 Å². The molecule has 2 aliphatic rings. The van der Waals surface area contributed by atoms with E-state index in [0.29, 0.717) is 12.1 Å². The van der Waals surface area contributed by atoms with E-state index in [0.717, 1.165) is 56.8 Å². The maximum absolute atomic E-state index is 12.7. The number of amides is 1. The topological polar surface area (TPSA) is 109 Å². The van der Waals surface area contributed by atoms with Gasteiger partial charge in [0.25, 0.3) is 5.91 Å². The van der Waals surface area contributed by atoms with Crippen molar-refractivity contribution in [3.63, 3.8) is 0 Å². The lowest BCUT2D eigenvalue weighted by atomic mass is 9.98. The van der Waals surface area contributed by atoms with Crippen LogP contribution in [0, 0.1) is 0 Å². The summed E-state index contributed by atoms with van der Waals surface area (Å²) in [6, 6.07) is 1.01. The van der Waals surface area contributed by atoms with Crippen LogP contribution in [0.3, 0.4) is 0 Å². The van der Waals surface area contributed by atoms with Crippen LogP contribution in [0.1, 0.15) is 61.4 Å². The molecule has 1 fully saturated rings. The van der Waals surface area contributed by atoms with Crippen LogP contribution in [0.15, 0.2) is 35.0 Å². The number of phenolic OH excluding ortho intramolecular Hbond substituents is 2. The summed E-state index contributed by atoms with van der Waals surface area (Å²) >= 11 is 6.33. The Morgan fingerprint density at radius 3 is 2.68 bits per heavy atom. The van der Waals surface area contributed by atoms with E-state index in [4.69, 9.17) is 21.2 Å². The molecule has 0 bridgehead atoms. The highest BCUT2D eigenvalue weighted by molar-refractivity contribution is 6.33. The fourth-order valence-electron chi connectivity index (χ4n) is 3.97. The fraction of sp³-hybridized carbons (Fsp3) is 0.480. The van der Waals surface area contributed by atoms with Crippen molar-refractivity contribution in [1.29, 1.82) is 0 Å². The Bertz CT molecular complexity index is 996. The van der Waals surface area contributed by atoms with Crippen molar-refractivity contribution in [2.24, 2.45) is 5.16 Å². The SMILES string of the molecule is C/C1=C\C(=N/OCC(=O)N2CCCCC2)Cc2c(Cl)c(O)cc(O)c2C(=O)OCC/C=C/CC1. The summed E-state index contributed by atoms with van der Waals surface area (Å²) in [4.78, 5) is 32.3. The van der Waals surface area contributed by atoms with Crippen LogP contribution in [0.5, 0.6) is 11.5 Å². The highest BCUT2D eigenvalue weighted by Gasteiger charge is 2.25. The smallest absolute Gasteiger partial charge is 0.342 e. The summed E-state index contributed by atoms with van der Waals surface area (Å²) < 4.78 is 5.30. The highest BCUT2D eigenvalue weighted by atomic mass is 35.5. The van der Waals surface area contributed by atoms with E-state index in [1.54, 1.807) is 11.0 Å². The molecule has 3 rings (SSSR count). The van der Waals surface area contributed by atoms with Gasteiger partial charge in [0.1, 0.15) is 17.1 Å². The number of oxime groups is 1. The van der Waals surface area contributed by atoms with E-state index in [1.807, 2.05) is 19.1 Å². The number of carbonyl (C=O) groups is 2. The Morgan fingerprint density at radius 1 is 1.18 bits per heavy atom. The van der Waals surface area contributed by atoms with Gasteiger partial charge < -0.3 is 24.7 Å². The molecule has 0 aliphatic carbocycles. The number of phenols is 2.